The van der Waals surface area contributed by atoms with Gasteiger partial charge in [-0.2, -0.15) is 15.5 Å². The van der Waals surface area contributed by atoms with Gasteiger partial charge in [0.1, 0.15) is 5.75 Å². The number of nitrogens with zero attached hydrogens (tertiary/aromatic N) is 3. The molecule has 1 saturated heterocycles. The molecule has 0 amide bonds. The smallest absolute Gasteiger partial charge is 0.126 e. The fraction of sp³-hybridized carbons (Fsp3) is 0.476. The molecule has 1 aliphatic rings. The Morgan fingerprint density at radius 1 is 1.12 bits per heavy atom. The van der Waals surface area contributed by atoms with Crippen LogP contribution in [-0.4, -0.2) is 26.4 Å². The molecule has 2 aromatic rings. The second kappa shape index (κ2) is 6.69. The van der Waals surface area contributed by atoms with Gasteiger partial charge in [0.05, 0.1) is 23.0 Å². The van der Waals surface area contributed by atoms with Crippen molar-refractivity contribution >= 4 is 0 Å². The fourth-order valence-electron chi connectivity index (χ4n) is 4.40. The first-order valence-electron chi connectivity index (χ1n) is 9.03. The van der Waals surface area contributed by atoms with Gasteiger partial charge in [-0.25, -0.2) is 0 Å². The summed E-state index contributed by atoms with van der Waals surface area (Å²) >= 11 is 0. The number of hydrogen-bond acceptors (Lipinski definition) is 5. The van der Waals surface area contributed by atoms with Crippen LogP contribution in [0.3, 0.4) is 0 Å². The normalized spacial score (nSPS) is 19.0. The summed E-state index contributed by atoms with van der Waals surface area (Å²) in [4.78, 5) is 0. The van der Waals surface area contributed by atoms with E-state index < -0.39 is 0 Å². The number of piperidine rings is 1. The van der Waals surface area contributed by atoms with E-state index >= 15 is 0 Å². The van der Waals surface area contributed by atoms with Gasteiger partial charge < -0.3 is 10.4 Å². The second-order valence-electron chi connectivity index (χ2n) is 8.62. The predicted molar refractivity (Wildman–Crippen MR) is 102 cm³/mol. The molecule has 3 rings (SSSR count). The van der Waals surface area contributed by atoms with Gasteiger partial charge in [0, 0.05) is 16.6 Å². The quantitative estimate of drug-likeness (QED) is 0.879. The Hall–Kier alpha value is -2.45. The zero-order chi connectivity index (χ0) is 18.9. The van der Waals surface area contributed by atoms with Crippen molar-refractivity contribution in [3.05, 3.63) is 41.6 Å². The summed E-state index contributed by atoms with van der Waals surface area (Å²) < 4.78 is 0. The standard InChI is InChI=1S/C21H26N4O/c1-20(2)11-15(12-21(3,4)25-20)9-16-6-8-18(24-23-16)17-7-5-14(13-22)10-19(17)26/h5-8,10,15,25-26H,9,11-12H2,1-4H3. The zero-order valence-electron chi connectivity index (χ0n) is 15.9. The molecule has 0 unspecified atom stereocenters. The van der Waals surface area contributed by atoms with E-state index in [-0.39, 0.29) is 16.8 Å². The SMILES string of the molecule is CC1(C)CC(Cc2ccc(-c3ccc(C#N)cc3O)nn2)CC(C)(C)N1. The van der Waals surface area contributed by atoms with Crippen LogP contribution in [0.25, 0.3) is 11.3 Å². The van der Waals surface area contributed by atoms with Crippen LogP contribution < -0.4 is 5.32 Å². The van der Waals surface area contributed by atoms with Crippen LogP contribution in [0.5, 0.6) is 5.75 Å². The summed E-state index contributed by atoms with van der Waals surface area (Å²) in [5, 5.41) is 31.4. The number of aromatic hydroxyl groups is 1. The number of rotatable bonds is 3. The van der Waals surface area contributed by atoms with Crippen LogP contribution in [0.4, 0.5) is 0 Å². The predicted octanol–water partition coefficient (Wildman–Crippen LogP) is 3.82. The molecular formula is C21H26N4O. The maximum atomic E-state index is 10.1. The maximum absolute atomic E-state index is 10.1. The topological polar surface area (TPSA) is 81.8 Å². The van der Waals surface area contributed by atoms with Crippen molar-refractivity contribution in [1.82, 2.24) is 15.5 Å². The average Bonchev–Trinajstić information content (AvgIpc) is 2.52. The Bertz CT molecular complexity index is 818. The van der Waals surface area contributed by atoms with E-state index in [0.29, 0.717) is 22.7 Å². The Balaban J connectivity index is 1.75. The van der Waals surface area contributed by atoms with Crippen molar-refractivity contribution in [2.24, 2.45) is 5.92 Å². The molecule has 2 N–H and O–H groups in total. The first-order valence-corrected chi connectivity index (χ1v) is 9.03. The van der Waals surface area contributed by atoms with Gasteiger partial charge in [0.15, 0.2) is 0 Å². The molecule has 26 heavy (non-hydrogen) atoms. The van der Waals surface area contributed by atoms with Crippen LogP contribution in [0, 0.1) is 17.2 Å². The van der Waals surface area contributed by atoms with E-state index in [4.69, 9.17) is 5.26 Å². The number of phenols is 1. The third kappa shape index (κ3) is 4.20. The second-order valence-corrected chi connectivity index (χ2v) is 8.62. The molecule has 5 heteroatoms. The highest BCUT2D eigenvalue weighted by atomic mass is 16.3. The van der Waals surface area contributed by atoms with E-state index in [2.05, 4.69) is 43.2 Å². The van der Waals surface area contributed by atoms with Gasteiger partial charge >= 0.3 is 0 Å². The van der Waals surface area contributed by atoms with Gasteiger partial charge in [-0.15, -0.1) is 0 Å². The lowest BCUT2D eigenvalue weighted by Crippen LogP contribution is -2.58. The summed E-state index contributed by atoms with van der Waals surface area (Å²) in [5.41, 5.74) is 2.84. The number of aromatic nitrogens is 2. The molecule has 0 bridgehead atoms. The number of benzene rings is 1. The van der Waals surface area contributed by atoms with Gasteiger partial charge in [0.2, 0.25) is 0 Å². The fourth-order valence-corrected chi connectivity index (χ4v) is 4.40. The molecule has 0 spiro atoms. The lowest BCUT2D eigenvalue weighted by Gasteiger charge is -2.46. The summed E-state index contributed by atoms with van der Waals surface area (Å²) in [6, 6.07) is 10.7. The highest BCUT2D eigenvalue weighted by molar-refractivity contribution is 5.67. The first kappa shape index (κ1) is 18.3. The highest BCUT2D eigenvalue weighted by Crippen LogP contribution is 2.34. The molecule has 0 radical (unpaired) electrons. The molecule has 0 saturated carbocycles. The van der Waals surface area contributed by atoms with Crippen LogP contribution in [-0.2, 0) is 6.42 Å². The van der Waals surface area contributed by atoms with Crippen LogP contribution in [0.2, 0.25) is 0 Å². The van der Waals surface area contributed by atoms with Crippen LogP contribution in [0.1, 0.15) is 51.8 Å². The van der Waals surface area contributed by atoms with Gasteiger partial charge in [-0.1, -0.05) is 0 Å². The molecular weight excluding hydrogens is 324 g/mol. The Kier molecular flexibility index (Phi) is 4.72. The molecule has 136 valence electrons. The van der Waals surface area contributed by atoms with E-state index in [9.17, 15) is 5.11 Å². The summed E-state index contributed by atoms with van der Waals surface area (Å²) in [6.45, 7) is 9.01. The minimum absolute atomic E-state index is 0.0490. The zero-order valence-corrected chi connectivity index (χ0v) is 15.9. The third-order valence-corrected chi connectivity index (χ3v) is 4.90. The Morgan fingerprint density at radius 3 is 2.35 bits per heavy atom. The van der Waals surface area contributed by atoms with E-state index in [1.165, 1.54) is 6.07 Å². The van der Waals surface area contributed by atoms with Crippen molar-refractivity contribution in [1.29, 1.82) is 5.26 Å². The summed E-state index contributed by atoms with van der Waals surface area (Å²) in [7, 11) is 0. The number of phenolic OH excluding ortho intramolecular Hbond substituents is 1. The van der Waals surface area contributed by atoms with Crippen LogP contribution >= 0.6 is 0 Å². The Labute approximate surface area is 155 Å². The first-order chi connectivity index (χ1) is 12.2. The molecule has 1 fully saturated rings. The molecule has 1 aromatic heterocycles. The van der Waals surface area contributed by atoms with Crippen molar-refractivity contribution < 1.29 is 5.11 Å². The maximum Gasteiger partial charge on any atom is 0.126 e. The number of nitrogens with one attached hydrogen (secondary N) is 1. The van der Waals surface area contributed by atoms with E-state index in [0.717, 1.165) is 25.0 Å². The summed E-state index contributed by atoms with van der Waals surface area (Å²) in [6.07, 6.45) is 3.12. The Morgan fingerprint density at radius 2 is 1.81 bits per heavy atom. The minimum atomic E-state index is 0.0490. The molecule has 1 aromatic carbocycles. The molecule has 2 heterocycles. The number of hydrogen-bond donors (Lipinski definition) is 2. The molecule has 5 nitrogen and oxygen atoms in total. The van der Waals surface area contributed by atoms with Crippen LogP contribution in [0.15, 0.2) is 30.3 Å². The molecule has 0 aliphatic carbocycles. The molecule has 0 atom stereocenters. The van der Waals surface area contributed by atoms with Gasteiger partial charge in [-0.3, -0.25) is 0 Å². The average molecular weight is 350 g/mol. The van der Waals surface area contributed by atoms with Gasteiger partial charge in [0.25, 0.3) is 0 Å². The van der Waals surface area contributed by atoms with Crippen molar-refractivity contribution in [3.63, 3.8) is 0 Å². The summed E-state index contributed by atoms with van der Waals surface area (Å²) in [5.74, 6) is 0.609. The van der Waals surface area contributed by atoms with Crippen molar-refractivity contribution in [2.45, 2.75) is 58.0 Å². The lowest BCUT2D eigenvalue weighted by molar-refractivity contribution is 0.128. The van der Waals surface area contributed by atoms with Gasteiger partial charge in [-0.05, 0) is 83.2 Å². The largest absolute Gasteiger partial charge is 0.507 e. The molecule has 1 aliphatic heterocycles. The third-order valence-electron chi connectivity index (χ3n) is 4.90. The highest BCUT2D eigenvalue weighted by Gasteiger charge is 2.37. The monoisotopic (exact) mass is 350 g/mol. The van der Waals surface area contributed by atoms with Crippen molar-refractivity contribution in [2.75, 3.05) is 0 Å². The van der Waals surface area contributed by atoms with E-state index in [1.54, 1.807) is 12.1 Å². The lowest BCUT2D eigenvalue weighted by atomic mass is 9.74. The van der Waals surface area contributed by atoms with E-state index in [1.807, 2.05) is 18.2 Å². The number of nitriles is 1. The van der Waals surface area contributed by atoms with Crippen molar-refractivity contribution in [3.8, 4) is 23.1 Å². The minimum Gasteiger partial charge on any atom is -0.507 e.